The standard InChI is InChI=1S/C12H17N3O/c1-8(2)15-7-14-10-5-9(12(3,4)16)6-13-11(10)15/h5-8,16H,1-4H3. The number of fused-ring (bicyclic) bond motifs is 1. The first-order chi connectivity index (χ1) is 7.39. The van der Waals surface area contributed by atoms with Crippen LogP contribution in [0.3, 0.4) is 0 Å². The Morgan fingerprint density at radius 2 is 2.00 bits per heavy atom. The van der Waals surface area contributed by atoms with Crippen LogP contribution in [0.5, 0.6) is 0 Å². The SMILES string of the molecule is CC(C)n1cnc2cc(C(C)(C)O)cnc21. The summed E-state index contributed by atoms with van der Waals surface area (Å²) in [4.78, 5) is 8.67. The normalized spacial score (nSPS) is 12.6. The summed E-state index contributed by atoms with van der Waals surface area (Å²) in [6, 6.07) is 2.23. The molecule has 86 valence electrons. The van der Waals surface area contributed by atoms with E-state index in [1.165, 1.54) is 0 Å². The van der Waals surface area contributed by atoms with Crippen LogP contribution in [0.2, 0.25) is 0 Å². The van der Waals surface area contributed by atoms with Crippen LogP contribution in [-0.4, -0.2) is 19.6 Å². The average molecular weight is 219 g/mol. The van der Waals surface area contributed by atoms with Gasteiger partial charge < -0.3 is 9.67 Å². The number of hydrogen-bond acceptors (Lipinski definition) is 3. The smallest absolute Gasteiger partial charge is 0.160 e. The first-order valence-corrected chi connectivity index (χ1v) is 5.45. The van der Waals surface area contributed by atoms with Crippen LogP contribution < -0.4 is 0 Å². The van der Waals surface area contributed by atoms with Crippen LogP contribution in [0.15, 0.2) is 18.6 Å². The molecule has 0 spiro atoms. The van der Waals surface area contributed by atoms with Crippen molar-refractivity contribution in [3.8, 4) is 0 Å². The molecule has 2 heterocycles. The van der Waals surface area contributed by atoms with Crippen LogP contribution in [0, 0.1) is 0 Å². The van der Waals surface area contributed by atoms with E-state index in [-0.39, 0.29) is 0 Å². The van der Waals surface area contributed by atoms with Crippen molar-refractivity contribution < 1.29 is 5.11 Å². The van der Waals surface area contributed by atoms with Gasteiger partial charge >= 0.3 is 0 Å². The molecule has 0 atom stereocenters. The Kier molecular flexibility index (Phi) is 2.46. The number of hydrogen-bond donors (Lipinski definition) is 1. The Morgan fingerprint density at radius 3 is 2.56 bits per heavy atom. The molecule has 2 rings (SSSR count). The fourth-order valence-electron chi connectivity index (χ4n) is 1.63. The van der Waals surface area contributed by atoms with E-state index in [1.807, 2.05) is 10.6 Å². The van der Waals surface area contributed by atoms with Gasteiger partial charge in [0.1, 0.15) is 5.52 Å². The van der Waals surface area contributed by atoms with Crippen molar-refractivity contribution >= 4 is 11.2 Å². The van der Waals surface area contributed by atoms with E-state index < -0.39 is 5.60 Å². The highest BCUT2D eigenvalue weighted by atomic mass is 16.3. The summed E-state index contributed by atoms with van der Waals surface area (Å²) in [5, 5.41) is 9.89. The second-order valence-corrected chi connectivity index (χ2v) is 4.87. The molecule has 0 aromatic carbocycles. The maximum absolute atomic E-state index is 9.89. The van der Waals surface area contributed by atoms with E-state index in [0.29, 0.717) is 6.04 Å². The summed E-state index contributed by atoms with van der Waals surface area (Å²) in [7, 11) is 0. The molecule has 2 aromatic heterocycles. The molecule has 0 saturated carbocycles. The average Bonchev–Trinajstić information content (AvgIpc) is 2.58. The molecule has 0 aliphatic carbocycles. The predicted octanol–water partition coefficient (Wildman–Crippen LogP) is 2.24. The van der Waals surface area contributed by atoms with Crippen molar-refractivity contribution in [3.05, 3.63) is 24.2 Å². The molecule has 0 unspecified atom stereocenters. The largest absolute Gasteiger partial charge is 0.386 e. The summed E-state index contributed by atoms with van der Waals surface area (Å²) >= 11 is 0. The molecule has 16 heavy (non-hydrogen) atoms. The van der Waals surface area contributed by atoms with Gasteiger partial charge in [0.25, 0.3) is 0 Å². The van der Waals surface area contributed by atoms with Gasteiger partial charge in [-0.05, 0) is 33.8 Å². The van der Waals surface area contributed by atoms with Crippen molar-refractivity contribution in [3.63, 3.8) is 0 Å². The summed E-state index contributed by atoms with van der Waals surface area (Å²) in [6.07, 6.45) is 3.50. The highest BCUT2D eigenvalue weighted by Gasteiger charge is 2.18. The van der Waals surface area contributed by atoms with E-state index >= 15 is 0 Å². The van der Waals surface area contributed by atoms with Crippen molar-refractivity contribution in [2.24, 2.45) is 0 Å². The van der Waals surface area contributed by atoms with Gasteiger partial charge in [0.05, 0.1) is 11.9 Å². The van der Waals surface area contributed by atoms with Gasteiger partial charge in [-0.2, -0.15) is 0 Å². The minimum absolute atomic E-state index is 0.338. The van der Waals surface area contributed by atoms with E-state index in [2.05, 4.69) is 23.8 Å². The molecule has 0 fully saturated rings. The molecule has 4 heteroatoms. The molecule has 0 amide bonds. The number of aromatic nitrogens is 3. The Morgan fingerprint density at radius 1 is 1.31 bits per heavy atom. The number of imidazole rings is 1. The quantitative estimate of drug-likeness (QED) is 0.842. The van der Waals surface area contributed by atoms with Crippen molar-refractivity contribution in [1.29, 1.82) is 0 Å². The van der Waals surface area contributed by atoms with Crippen molar-refractivity contribution in [2.75, 3.05) is 0 Å². The monoisotopic (exact) mass is 219 g/mol. The fourth-order valence-corrected chi connectivity index (χ4v) is 1.63. The van der Waals surface area contributed by atoms with E-state index in [9.17, 15) is 5.11 Å². The highest BCUT2D eigenvalue weighted by Crippen LogP contribution is 2.23. The number of aliphatic hydroxyl groups is 1. The van der Waals surface area contributed by atoms with Crippen LogP contribution in [0.1, 0.15) is 39.3 Å². The summed E-state index contributed by atoms with van der Waals surface area (Å²) < 4.78 is 2.02. The minimum Gasteiger partial charge on any atom is -0.386 e. The Bertz CT molecular complexity index is 508. The van der Waals surface area contributed by atoms with Crippen LogP contribution in [0.4, 0.5) is 0 Å². The van der Waals surface area contributed by atoms with Crippen LogP contribution in [0.25, 0.3) is 11.2 Å². The molecular weight excluding hydrogens is 202 g/mol. The maximum atomic E-state index is 9.89. The van der Waals surface area contributed by atoms with Gasteiger partial charge in [-0.25, -0.2) is 9.97 Å². The lowest BCUT2D eigenvalue weighted by molar-refractivity contribution is 0.0784. The molecular formula is C12H17N3O. The summed E-state index contributed by atoms with van der Waals surface area (Å²) in [5.41, 5.74) is 1.60. The highest BCUT2D eigenvalue weighted by molar-refractivity contribution is 5.71. The topological polar surface area (TPSA) is 50.9 Å². The first-order valence-electron chi connectivity index (χ1n) is 5.45. The Balaban J connectivity index is 2.58. The first kappa shape index (κ1) is 11.1. The third-order valence-corrected chi connectivity index (χ3v) is 2.68. The zero-order chi connectivity index (χ0) is 11.9. The molecule has 0 aliphatic heterocycles. The lowest BCUT2D eigenvalue weighted by Crippen LogP contribution is -2.15. The zero-order valence-electron chi connectivity index (χ0n) is 10.1. The molecule has 4 nitrogen and oxygen atoms in total. The Hall–Kier alpha value is -1.42. The summed E-state index contributed by atoms with van der Waals surface area (Å²) in [6.45, 7) is 7.67. The number of rotatable bonds is 2. The van der Waals surface area contributed by atoms with Gasteiger partial charge in [0.15, 0.2) is 5.65 Å². The number of pyridine rings is 1. The third-order valence-electron chi connectivity index (χ3n) is 2.68. The zero-order valence-corrected chi connectivity index (χ0v) is 10.1. The molecule has 0 radical (unpaired) electrons. The molecule has 1 N–H and O–H groups in total. The lowest BCUT2D eigenvalue weighted by atomic mass is 10.0. The minimum atomic E-state index is -0.872. The van der Waals surface area contributed by atoms with Crippen LogP contribution in [-0.2, 0) is 5.60 Å². The molecule has 0 saturated heterocycles. The molecule has 0 bridgehead atoms. The van der Waals surface area contributed by atoms with Crippen LogP contribution >= 0.6 is 0 Å². The van der Waals surface area contributed by atoms with Crippen molar-refractivity contribution in [1.82, 2.24) is 14.5 Å². The predicted molar refractivity (Wildman–Crippen MR) is 63.2 cm³/mol. The second kappa shape index (κ2) is 3.56. The van der Waals surface area contributed by atoms with Gasteiger partial charge in [-0.3, -0.25) is 0 Å². The van der Waals surface area contributed by atoms with E-state index in [4.69, 9.17) is 0 Å². The summed E-state index contributed by atoms with van der Waals surface area (Å²) in [5.74, 6) is 0. The number of nitrogens with zero attached hydrogens (tertiary/aromatic N) is 3. The van der Waals surface area contributed by atoms with E-state index in [0.717, 1.165) is 16.7 Å². The van der Waals surface area contributed by atoms with Crippen molar-refractivity contribution in [2.45, 2.75) is 39.3 Å². The van der Waals surface area contributed by atoms with Gasteiger partial charge in [-0.15, -0.1) is 0 Å². The van der Waals surface area contributed by atoms with Gasteiger partial charge in [0, 0.05) is 17.8 Å². The fraction of sp³-hybridized carbons (Fsp3) is 0.500. The Labute approximate surface area is 95.0 Å². The van der Waals surface area contributed by atoms with Gasteiger partial charge in [0.2, 0.25) is 0 Å². The second-order valence-electron chi connectivity index (χ2n) is 4.87. The lowest BCUT2D eigenvalue weighted by Gasteiger charge is -2.17. The molecule has 2 aromatic rings. The van der Waals surface area contributed by atoms with E-state index in [1.54, 1.807) is 26.4 Å². The van der Waals surface area contributed by atoms with Gasteiger partial charge in [-0.1, -0.05) is 0 Å². The molecule has 0 aliphatic rings. The third kappa shape index (κ3) is 1.80. The maximum Gasteiger partial charge on any atom is 0.160 e.